The number of hydrogen-bond acceptors (Lipinski definition) is 4. The Morgan fingerprint density at radius 2 is 2.47 bits per heavy atom. The van der Waals surface area contributed by atoms with Gasteiger partial charge >= 0.3 is 0 Å². The van der Waals surface area contributed by atoms with Gasteiger partial charge in [0.2, 0.25) is 0 Å². The maximum Gasteiger partial charge on any atom is 0.179 e. The van der Waals surface area contributed by atoms with Gasteiger partial charge in [0.05, 0.1) is 10.6 Å². The highest BCUT2D eigenvalue weighted by Gasteiger charge is 2.43. The SMILES string of the molecule is Cc1cc(C(=O)C2CC3CCC2N3)sn1. The van der Waals surface area contributed by atoms with Crippen molar-refractivity contribution in [1.29, 1.82) is 0 Å². The molecule has 4 heteroatoms. The van der Waals surface area contributed by atoms with E-state index in [0.29, 0.717) is 17.9 Å². The van der Waals surface area contributed by atoms with Gasteiger partial charge in [-0.2, -0.15) is 4.37 Å². The summed E-state index contributed by atoms with van der Waals surface area (Å²) in [6.07, 6.45) is 3.44. The summed E-state index contributed by atoms with van der Waals surface area (Å²) in [5, 5.41) is 3.50. The van der Waals surface area contributed by atoms with Gasteiger partial charge in [-0.1, -0.05) is 0 Å². The van der Waals surface area contributed by atoms with Crippen LogP contribution >= 0.6 is 11.5 Å². The number of fused-ring (bicyclic) bond motifs is 2. The lowest BCUT2D eigenvalue weighted by Crippen LogP contribution is -2.28. The summed E-state index contributed by atoms with van der Waals surface area (Å²) in [7, 11) is 0. The Morgan fingerprint density at radius 3 is 3.00 bits per heavy atom. The van der Waals surface area contributed by atoms with Crippen LogP contribution in [0.2, 0.25) is 0 Å². The van der Waals surface area contributed by atoms with Crippen LogP contribution in [0.15, 0.2) is 6.07 Å². The average Bonchev–Trinajstić information content (AvgIpc) is 2.90. The summed E-state index contributed by atoms with van der Waals surface area (Å²) in [5.41, 5.74) is 0.958. The van der Waals surface area contributed by atoms with Crippen molar-refractivity contribution in [3.05, 3.63) is 16.6 Å². The van der Waals surface area contributed by atoms with Gasteiger partial charge in [0, 0.05) is 18.0 Å². The highest BCUT2D eigenvalue weighted by molar-refractivity contribution is 7.08. The second kappa shape index (κ2) is 3.39. The highest BCUT2D eigenvalue weighted by atomic mass is 32.1. The van der Waals surface area contributed by atoms with Gasteiger partial charge in [0.25, 0.3) is 0 Å². The van der Waals surface area contributed by atoms with Gasteiger partial charge in [-0.15, -0.1) is 0 Å². The largest absolute Gasteiger partial charge is 0.310 e. The van der Waals surface area contributed by atoms with E-state index in [4.69, 9.17) is 0 Å². The summed E-state index contributed by atoms with van der Waals surface area (Å²) in [6, 6.07) is 2.95. The third-order valence-electron chi connectivity index (χ3n) is 3.51. The first-order valence-corrected chi connectivity index (χ1v) is 6.25. The summed E-state index contributed by atoms with van der Waals surface area (Å²) < 4.78 is 4.17. The van der Waals surface area contributed by atoms with Crippen LogP contribution in [0.4, 0.5) is 0 Å². The smallest absolute Gasteiger partial charge is 0.179 e. The number of carbonyl (C=O) groups is 1. The Balaban J connectivity index is 1.81. The molecule has 0 amide bonds. The number of rotatable bonds is 2. The third-order valence-corrected chi connectivity index (χ3v) is 4.40. The average molecular weight is 222 g/mol. The first-order valence-electron chi connectivity index (χ1n) is 5.47. The quantitative estimate of drug-likeness (QED) is 0.775. The maximum absolute atomic E-state index is 12.2. The molecule has 80 valence electrons. The first kappa shape index (κ1) is 9.48. The molecule has 0 radical (unpaired) electrons. The number of aromatic nitrogens is 1. The van der Waals surface area contributed by atoms with Crippen molar-refractivity contribution < 1.29 is 4.79 Å². The van der Waals surface area contributed by atoms with Crippen molar-refractivity contribution in [2.75, 3.05) is 0 Å². The normalized spacial score (nSPS) is 33.5. The van der Waals surface area contributed by atoms with Gasteiger partial charge < -0.3 is 5.32 Å². The molecule has 15 heavy (non-hydrogen) atoms. The molecule has 0 aliphatic carbocycles. The molecule has 2 aliphatic rings. The van der Waals surface area contributed by atoms with E-state index in [1.165, 1.54) is 24.4 Å². The zero-order chi connectivity index (χ0) is 10.4. The van der Waals surface area contributed by atoms with E-state index in [0.717, 1.165) is 17.0 Å². The maximum atomic E-state index is 12.2. The van der Waals surface area contributed by atoms with Crippen LogP contribution in [0, 0.1) is 12.8 Å². The number of carbonyl (C=O) groups excluding carboxylic acids is 1. The predicted molar refractivity (Wildman–Crippen MR) is 59.2 cm³/mol. The molecule has 1 N–H and O–H groups in total. The fourth-order valence-electron chi connectivity index (χ4n) is 2.78. The van der Waals surface area contributed by atoms with Crippen LogP contribution < -0.4 is 5.32 Å². The van der Waals surface area contributed by atoms with Crippen LogP contribution in [-0.4, -0.2) is 22.2 Å². The van der Waals surface area contributed by atoms with Crippen molar-refractivity contribution in [3.63, 3.8) is 0 Å². The molecular formula is C11H14N2OS. The van der Waals surface area contributed by atoms with Gasteiger partial charge in [-0.05, 0) is 43.8 Å². The van der Waals surface area contributed by atoms with Crippen molar-refractivity contribution in [3.8, 4) is 0 Å². The molecule has 1 aromatic rings. The lowest BCUT2D eigenvalue weighted by Gasteiger charge is -2.17. The second-order valence-electron chi connectivity index (χ2n) is 4.59. The van der Waals surface area contributed by atoms with Crippen LogP contribution in [0.5, 0.6) is 0 Å². The Bertz CT molecular complexity index is 401. The second-order valence-corrected chi connectivity index (χ2v) is 5.39. The molecule has 2 bridgehead atoms. The van der Waals surface area contributed by atoms with Crippen LogP contribution in [0.3, 0.4) is 0 Å². The molecule has 3 rings (SSSR count). The van der Waals surface area contributed by atoms with E-state index in [9.17, 15) is 4.79 Å². The van der Waals surface area contributed by atoms with Crippen LogP contribution in [-0.2, 0) is 0 Å². The van der Waals surface area contributed by atoms with Gasteiger partial charge in [-0.3, -0.25) is 4.79 Å². The first-order chi connectivity index (χ1) is 7.24. The number of hydrogen-bond donors (Lipinski definition) is 1. The fraction of sp³-hybridized carbons (Fsp3) is 0.636. The molecule has 0 spiro atoms. The molecule has 2 aliphatic heterocycles. The summed E-state index contributed by atoms with van der Waals surface area (Å²) >= 11 is 1.34. The van der Waals surface area contributed by atoms with Crippen molar-refractivity contribution >= 4 is 17.3 Å². The monoisotopic (exact) mass is 222 g/mol. The molecule has 2 saturated heterocycles. The van der Waals surface area contributed by atoms with Crippen LogP contribution in [0.25, 0.3) is 0 Å². The lowest BCUT2D eigenvalue weighted by atomic mass is 9.85. The van der Waals surface area contributed by atoms with Gasteiger partial charge in [0.1, 0.15) is 0 Å². The molecule has 0 saturated carbocycles. The minimum atomic E-state index is 0.212. The van der Waals surface area contributed by atoms with Crippen molar-refractivity contribution in [1.82, 2.24) is 9.69 Å². The van der Waals surface area contributed by atoms with E-state index >= 15 is 0 Å². The third kappa shape index (κ3) is 1.52. The minimum absolute atomic E-state index is 0.212. The van der Waals surface area contributed by atoms with Crippen molar-refractivity contribution in [2.45, 2.75) is 38.3 Å². The summed E-state index contributed by atoms with van der Waals surface area (Å²) in [6.45, 7) is 1.94. The minimum Gasteiger partial charge on any atom is -0.310 e. The van der Waals surface area contributed by atoms with Gasteiger partial charge in [-0.25, -0.2) is 0 Å². The van der Waals surface area contributed by atoms with E-state index in [2.05, 4.69) is 9.69 Å². The van der Waals surface area contributed by atoms with Crippen molar-refractivity contribution in [2.24, 2.45) is 5.92 Å². The molecule has 1 aromatic heterocycles. The molecule has 3 heterocycles. The summed E-state index contributed by atoms with van der Waals surface area (Å²) in [5.74, 6) is 0.517. The van der Waals surface area contributed by atoms with E-state index in [1.54, 1.807) is 0 Å². The zero-order valence-corrected chi connectivity index (χ0v) is 9.51. The Kier molecular flexibility index (Phi) is 2.14. The zero-order valence-electron chi connectivity index (χ0n) is 8.69. The number of Topliss-reactive ketones (excluding diaryl/α,β-unsaturated/α-hetero) is 1. The molecular weight excluding hydrogens is 208 g/mol. The van der Waals surface area contributed by atoms with Gasteiger partial charge in [0.15, 0.2) is 5.78 Å². The Labute approximate surface area is 93.1 Å². The van der Waals surface area contributed by atoms with E-state index < -0.39 is 0 Å². The standard InChI is InChI=1S/C11H14N2OS/c1-6-4-10(15-13-6)11(14)8-5-7-2-3-9(8)12-7/h4,7-9,12H,2-3,5H2,1H3. The topological polar surface area (TPSA) is 42.0 Å². The lowest BCUT2D eigenvalue weighted by molar-refractivity contribution is 0.0905. The number of ketones is 1. The fourth-order valence-corrected chi connectivity index (χ4v) is 3.54. The Morgan fingerprint density at radius 1 is 1.60 bits per heavy atom. The molecule has 2 fully saturated rings. The number of aryl methyl sites for hydroxylation is 1. The molecule has 3 unspecified atom stereocenters. The highest BCUT2D eigenvalue weighted by Crippen LogP contribution is 2.35. The van der Waals surface area contributed by atoms with E-state index in [1.807, 2.05) is 13.0 Å². The number of nitrogens with one attached hydrogen (secondary N) is 1. The Hall–Kier alpha value is -0.740. The molecule has 0 aromatic carbocycles. The predicted octanol–water partition coefficient (Wildman–Crippen LogP) is 1.77. The molecule has 3 nitrogen and oxygen atoms in total. The van der Waals surface area contributed by atoms with E-state index in [-0.39, 0.29) is 5.92 Å². The molecule has 3 atom stereocenters. The summed E-state index contributed by atoms with van der Waals surface area (Å²) in [4.78, 5) is 13.0. The number of nitrogens with zero attached hydrogens (tertiary/aromatic N) is 1. The van der Waals surface area contributed by atoms with Crippen LogP contribution in [0.1, 0.15) is 34.6 Å².